The first-order valence-corrected chi connectivity index (χ1v) is 8.27. The molecule has 0 radical (unpaired) electrons. The summed E-state index contributed by atoms with van der Waals surface area (Å²) in [6.45, 7) is 4.10. The van der Waals surface area contributed by atoms with E-state index in [0.717, 1.165) is 27.4 Å². The minimum atomic E-state index is -0.145. The summed E-state index contributed by atoms with van der Waals surface area (Å²) in [5, 5.41) is 7.54. The highest BCUT2D eigenvalue weighted by Gasteiger charge is 2.12. The molecular weight excluding hydrogens is 324 g/mol. The van der Waals surface area contributed by atoms with Crippen LogP contribution >= 0.6 is 11.3 Å². The molecule has 0 bridgehead atoms. The quantitative estimate of drug-likeness (QED) is 0.772. The van der Waals surface area contributed by atoms with Gasteiger partial charge in [-0.3, -0.25) is 9.48 Å². The van der Waals surface area contributed by atoms with Crippen LogP contribution in [0.4, 0.5) is 5.13 Å². The van der Waals surface area contributed by atoms with Gasteiger partial charge < -0.3 is 10.1 Å². The normalized spacial score (nSPS) is 10.6. The Morgan fingerprint density at radius 1 is 1.29 bits per heavy atom. The summed E-state index contributed by atoms with van der Waals surface area (Å²) < 4.78 is 6.78. The monoisotopic (exact) mass is 342 g/mol. The van der Waals surface area contributed by atoms with Crippen LogP contribution in [-0.4, -0.2) is 27.8 Å². The maximum Gasteiger partial charge on any atom is 0.247 e. The summed E-state index contributed by atoms with van der Waals surface area (Å²) in [7, 11) is 1.64. The summed E-state index contributed by atoms with van der Waals surface area (Å²) in [5.74, 6) is 0.655. The van der Waals surface area contributed by atoms with E-state index in [1.54, 1.807) is 18.0 Å². The van der Waals surface area contributed by atoms with Gasteiger partial charge in [-0.15, -0.1) is 11.3 Å². The number of anilines is 1. The third-order valence-corrected chi connectivity index (χ3v) is 4.36. The maximum absolute atomic E-state index is 12.1. The van der Waals surface area contributed by atoms with Crippen molar-refractivity contribution in [3.63, 3.8) is 0 Å². The molecule has 0 unspecified atom stereocenters. The average Bonchev–Trinajstić information content (AvgIpc) is 3.13. The van der Waals surface area contributed by atoms with Crippen LogP contribution in [0.25, 0.3) is 11.3 Å². The minimum absolute atomic E-state index is 0.145. The van der Waals surface area contributed by atoms with Gasteiger partial charge in [0.2, 0.25) is 5.91 Å². The Bertz CT molecular complexity index is 852. The predicted molar refractivity (Wildman–Crippen MR) is 94.4 cm³/mol. The predicted octanol–water partition coefficient (Wildman–Crippen LogP) is 3.27. The van der Waals surface area contributed by atoms with E-state index in [1.165, 1.54) is 11.3 Å². The Morgan fingerprint density at radius 2 is 2.04 bits per heavy atom. The van der Waals surface area contributed by atoms with Gasteiger partial charge in [0.25, 0.3) is 0 Å². The van der Waals surface area contributed by atoms with Gasteiger partial charge in [0.1, 0.15) is 12.3 Å². The average molecular weight is 342 g/mol. The van der Waals surface area contributed by atoms with E-state index in [2.05, 4.69) is 15.4 Å². The molecule has 0 aliphatic rings. The lowest BCUT2D eigenvalue weighted by atomic mass is 10.1. The summed E-state index contributed by atoms with van der Waals surface area (Å²) in [5.41, 5.74) is 2.88. The molecular formula is C17H18N4O2S. The third kappa shape index (κ3) is 3.62. The molecule has 0 aliphatic carbocycles. The number of nitrogens with one attached hydrogen (secondary N) is 1. The second kappa shape index (κ2) is 6.84. The summed E-state index contributed by atoms with van der Waals surface area (Å²) in [4.78, 5) is 17.7. The second-order valence-corrected chi connectivity index (χ2v) is 6.62. The molecule has 24 heavy (non-hydrogen) atoms. The Balaban J connectivity index is 1.72. The van der Waals surface area contributed by atoms with Gasteiger partial charge in [-0.25, -0.2) is 4.98 Å². The molecule has 3 aromatic rings. The molecule has 0 atom stereocenters. The Labute approximate surface area is 144 Å². The molecule has 2 heterocycles. The number of thiazole rings is 1. The fourth-order valence-electron chi connectivity index (χ4n) is 2.33. The molecule has 0 fully saturated rings. The van der Waals surface area contributed by atoms with E-state index in [-0.39, 0.29) is 12.5 Å². The highest BCUT2D eigenvalue weighted by molar-refractivity contribution is 7.16. The van der Waals surface area contributed by atoms with Crippen molar-refractivity contribution in [3.05, 3.63) is 47.1 Å². The van der Waals surface area contributed by atoms with Crippen molar-refractivity contribution in [2.24, 2.45) is 0 Å². The van der Waals surface area contributed by atoms with E-state index in [1.807, 2.05) is 44.3 Å². The van der Waals surface area contributed by atoms with E-state index >= 15 is 0 Å². The molecule has 1 aromatic carbocycles. The molecule has 0 saturated carbocycles. The zero-order valence-electron chi connectivity index (χ0n) is 13.7. The molecule has 1 N–H and O–H groups in total. The van der Waals surface area contributed by atoms with E-state index in [4.69, 9.17) is 4.74 Å². The van der Waals surface area contributed by atoms with Crippen molar-refractivity contribution in [3.8, 4) is 17.0 Å². The number of rotatable bonds is 5. The molecule has 124 valence electrons. The standard InChI is InChI=1S/C17H18N4O2S/c1-11-8-18-21(9-11)10-15(22)19-17-20-16(12(2)24-17)13-4-6-14(23-3)7-5-13/h4-9H,10H2,1-3H3,(H,19,20,22). The van der Waals surface area contributed by atoms with Crippen molar-refractivity contribution in [2.45, 2.75) is 20.4 Å². The number of aryl methyl sites for hydroxylation is 2. The van der Waals surface area contributed by atoms with Gasteiger partial charge in [0, 0.05) is 16.6 Å². The number of ether oxygens (including phenoxy) is 1. The number of hydrogen-bond donors (Lipinski definition) is 1. The summed E-state index contributed by atoms with van der Waals surface area (Å²) >= 11 is 1.46. The van der Waals surface area contributed by atoms with Crippen LogP contribution in [-0.2, 0) is 11.3 Å². The SMILES string of the molecule is COc1ccc(-c2nc(NC(=O)Cn3cc(C)cn3)sc2C)cc1. The number of nitrogens with zero attached hydrogens (tertiary/aromatic N) is 3. The van der Waals surface area contributed by atoms with Crippen molar-refractivity contribution in [1.82, 2.24) is 14.8 Å². The van der Waals surface area contributed by atoms with Gasteiger partial charge >= 0.3 is 0 Å². The summed E-state index contributed by atoms with van der Waals surface area (Å²) in [6, 6.07) is 7.71. The first-order valence-electron chi connectivity index (χ1n) is 7.46. The molecule has 1 amide bonds. The zero-order valence-corrected chi connectivity index (χ0v) is 14.6. The number of benzene rings is 1. The molecule has 0 saturated heterocycles. The fourth-order valence-corrected chi connectivity index (χ4v) is 3.18. The molecule has 6 nitrogen and oxygen atoms in total. The van der Waals surface area contributed by atoms with E-state index in [9.17, 15) is 4.79 Å². The first-order chi connectivity index (χ1) is 11.5. The van der Waals surface area contributed by atoms with Crippen LogP contribution in [0, 0.1) is 13.8 Å². The van der Waals surface area contributed by atoms with Crippen molar-refractivity contribution in [2.75, 3.05) is 12.4 Å². The number of carbonyl (C=O) groups excluding carboxylic acids is 1. The fraction of sp³-hybridized carbons (Fsp3) is 0.235. The van der Waals surface area contributed by atoms with E-state index < -0.39 is 0 Å². The van der Waals surface area contributed by atoms with Gasteiger partial charge in [-0.2, -0.15) is 5.10 Å². The first kappa shape index (κ1) is 16.2. The van der Waals surface area contributed by atoms with Crippen molar-refractivity contribution in [1.29, 1.82) is 0 Å². The molecule has 3 rings (SSSR count). The smallest absolute Gasteiger partial charge is 0.247 e. The molecule has 0 spiro atoms. The van der Waals surface area contributed by atoms with Gasteiger partial charge in [0.05, 0.1) is 19.0 Å². The lowest BCUT2D eigenvalue weighted by molar-refractivity contribution is -0.116. The third-order valence-electron chi connectivity index (χ3n) is 3.47. The Morgan fingerprint density at radius 3 is 2.67 bits per heavy atom. The molecule has 2 aromatic heterocycles. The highest BCUT2D eigenvalue weighted by atomic mass is 32.1. The van der Waals surface area contributed by atoms with Crippen LogP contribution in [0.2, 0.25) is 0 Å². The minimum Gasteiger partial charge on any atom is -0.497 e. The van der Waals surface area contributed by atoms with Crippen molar-refractivity contribution >= 4 is 22.4 Å². The van der Waals surface area contributed by atoms with Crippen LogP contribution < -0.4 is 10.1 Å². The van der Waals surface area contributed by atoms with Crippen molar-refractivity contribution < 1.29 is 9.53 Å². The lowest BCUT2D eigenvalue weighted by Gasteiger charge is -2.02. The van der Waals surface area contributed by atoms with Crippen LogP contribution in [0.3, 0.4) is 0 Å². The number of aromatic nitrogens is 3. The second-order valence-electron chi connectivity index (χ2n) is 5.42. The largest absolute Gasteiger partial charge is 0.497 e. The Kier molecular flexibility index (Phi) is 4.61. The topological polar surface area (TPSA) is 69.0 Å². The van der Waals surface area contributed by atoms with Gasteiger partial charge in [-0.05, 0) is 43.7 Å². The Hall–Kier alpha value is -2.67. The number of methoxy groups -OCH3 is 1. The lowest BCUT2D eigenvalue weighted by Crippen LogP contribution is -2.18. The van der Waals surface area contributed by atoms with Crippen LogP contribution in [0.15, 0.2) is 36.7 Å². The van der Waals surface area contributed by atoms with Gasteiger partial charge in [0.15, 0.2) is 5.13 Å². The number of amides is 1. The number of hydrogen-bond acceptors (Lipinski definition) is 5. The molecule has 0 aliphatic heterocycles. The van der Waals surface area contributed by atoms with E-state index in [0.29, 0.717) is 5.13 Å². The maximum atomic E-state index is 12.1. The van der Waals surface area contributed by atoms with Crippen LogP contribution in [0.1, 0.15) is 10.4 Å². The molecule has 7 heteroatoms. The van der Waals surface area contributed by atoms with Crippen LogP contribution in [0.5, 0.6) is 5.75 Å². The number of carbonyl (C=O) groups is 1. The summed E-state index contributed by atoms with van der Waals surface area (Å²) in [6.07, 6.45) is 3.55. The zero-order chi connectivity index (χ0) is 17.1. The highest BCUT2D eigenvalue weighted by Crippen LogP contribution is 2.31. The van der Waals surface area contributed by atoms with Gasteiger partial charge in [-0.1, -0.05) is 0 Å².